The van der Waals surface area contributed by atoms with Crippen molar-refractivity contribution in [2.75, 3.05) is 5.32 Å². The van der Waals surface area contributed by atoms with Gasteiger partial charge in [0.2, 0.25) is 0 Å². The lowest BCUT2D eigenvalue weighted by Crippen LogP contribution is -2.30. The third kappa shape index (κ3) is 3.95. The molecule has 0 heterocycles. The molecule has 0 bridgehead atoms. The highest BCUT2D eigenvalue weighted by Crippen LogP contribution is 2.18. The van der Waals surface area contributed by atoms with Crippen molar-refractivity contribution in [1.82, 2.24) is 0 Å². The second kappa shape index (κ2) is 7.22. The summed E-state index contributed by atoms with van der Waals surface area (Å²) >= 11 is 3.29. The van der Waals surface area contributed by atoms with Gasteiger partial charge in [0.15, 0.2) is 6.10 Å². The van der Waals surface area contributed by atoms with Crippen LogP contribution in [-0.2, 0) is 9.53 Å². The van der Waals surface area contributed by atoms with Gasteiger partial charge in [-0.1, -0.05) is 30.3 Å². The van der Waals surface area contributed by atoms with E-state index in [1.165, 1.54) is 0 Å². The molecule has 0 aliphatic carbocycles. The zero-order chi connectivity index (χ0) is 16.1. The zero-order valence-electron chi connectivity index (χ0n) is 12.3. The van der Waals surface area contributed by atoms with Crippen LogP contribution in [0.4, 0.5) is 5.69 Å². The van der Waals surface area contributed by atoms with E-state index in [2.05, 4.69) is 21.2 Å². The van der Waals surface area contributed by atoms with E-state index in [-0.39, 0.29) is 5.91 Å². The highest BCUT2D eigenvalue weighted by molar-refractivity contribution is 9.10. The van der Waals surface area contributed by atoms with Gasteiger partial charge in [-0.3, -0.25) is 4.79 Å². The number of benzene rings is 2. The molecule has 2 aromatic carbocycles. The Morgan fingerprint density at radius 3 is 2.41 bits per heavy atom. The maximum Gasteiger partial charge on any atom is 0.340 e. The van der Waals surface area contributed by atoms with Crippen LogP contribution in [0.1, 0.15) is 22.8 Å². The Kier molecular flexibility index (Phi) is 5.33. The minimum Gasteiger partial charge on any atom is -0.449 e. The normalized spacial score (nSPS) is 11.6. The first-order valence-corrected chi connectivity index (χ1v) is 7.60. The second-order valence-corrected chi connectivity index (χ2v) is 5.69. The largest absolute Gasteiger partial charge is 0.449 e. The number of ether oxygens (including phenoxy) is 1. The molecule has 1 atom stereocenters. The van der Waals surface area contributed by atoms with Crippen LogP contribution in [0.5, 0.6) is 0 Å². The Labute approximate surface area is 137 Å². The van der Waals surface area contributed by atoms with Crippen LogP contribution >= 0.6 is 15.9 Å². The average Bonchev–Trinajstić information content (AvgIpc) is 2.49. The molecule has 0 aliphatic heterocycles. The standard InChI is InChI=1S/C17H16BrNO3/c1-11-7-3-6-10-15(11)19-16(20)12(2)22-17(21)13-8-4-5-9-14(13)18/h3-10,12H,1-2H3,(H,19,20)/t12-/m0/s1. The Hall–Kier alpha value is -2.14. The number of hydrogen-bond acceptors (Lipinski definition) is 3. The maximum absolute atomic E-state index is 12.1. The summed E-state index contributed by atoms with van der Waals surface area (Å²) in [5, 5.41) is 2.75. The van der Waals surface area contributed by atoms with E-state index in [4.69, 9.17) is 4.74 Å². The lowest BCUT2D eigenvalue weighted by Gasteiger charge is -2.15. The van der Waals surface area contributed by atoms with Crippen molar-refractivity contribution in [3.63, 3.8) is 0 Å². The number of carbonyl (C=O) groups is 2. The minimum absolute atomic E-state index is 0.366. The lowest BCUT2D eigenvalue weighted by molar-refractivity contribution is -0.123. The van der Waals surface area contributed by atoms with E-state index in [1.54, 1.807) is 37.3 Å². The molecule has 0 aromatic heterocycles. The molecule has 0 saturated carbocycles. The highest BCUT2D eigenvalue weighted by atomic mass is 79.9. The Morgan fingerprint density at radius 2 is 1.73 bits per heavy atom. The molecule has 5 heteroatoms. The summed E-state index contributed by atoms with van der Waals surface area (Å²) in [5.41, 5.74) is 2.04. The van der Waals surface area contributed by atoms with Crippen molar-refractivity contribution >= 4 is 33.5 Å². The predicted molar refractivity (Wildman–Crippen MR) is 88.8 cm³/mol. The molecule has 114 valence electrons. The van der Waals surface area contributed by atoms with Crippen molar-refractivity contribution in [2.45, 2.75) is 20.0 Å². The van der Waals surface area contributed by atoms with Crippen LogP contribution in [0.15, 0.2) is 53.0 Å². The molecular formula is C17H16BrNO3. The summed E-state index contributed by atoms with van der Waals surface area (Å²) < 4.78 is 5.84. The number of nitrogens with one attached hydrogen (secondary N) is 1. The summed E-state index contributed by atoms with van der Waals surface area (Å²) in [6.07, 6.45) is -0.890. The van der Waals surface area contributed by atoms with E-state index in [0.717, 1.165) is 5.56 Å². The van der Waals surface area contributed by atoms with E-state index >= 15 is 0 Å². The van der Waals surface area contributed by atoms with Gasteiger partial charge in [0.05, 0.1) is 5.56 Å². The van der Waals surface area contributed by atoms with Gasteiger partial charge in [-0.05, 0) is 53.5 Å². The third-order valence-corrected chi connectivity index (χ3v) is 3.84. The fraction of sp³-hybridized carbons (Fsp3) is 0.176. The quantitative estimate of drug-likeness (QED) is 0.839. The molecular weight excluding hydrogens is 346 g/mol. The number of aryl methyl sites for hydroxylation is 1. The number of hydrogen-bond donors (Lipinski definition) is 1. The van der Waals surface area contributed by atoms with Gasteiger partial charge in [-0.2, -0.15) is 0 Å². The minimum atomic E-state index is -0.890. The van der Waals surface area contributed by atoms with Crippen LogP contribution in [0.25, 0.3) is 0 Å². The monoisotopic (exact) mass is 361 g/mol. The fourth-order valence-electron chi connectivity index (χ4n) is 1.85. The number of para-hydroxylation sites is 1. The average molecular weight is 362 g/mol. The van der Waals surface area contributed by atoms with Gasteiger partial charge in [0.25, 0.3) is 5.91 Å². The summed E-state index contributed by atoms with van der Waals surface area (Å²) in [7, 11) is 0. The first-order valence-electron chi connectivity index (χ1n) is 6.81. The van der Waals surface area contributed by atoms with Gasteiger partial charge in [0.1, 0.15) is 0 Å². The van der Waals surface area contributed by atoms with E-state index in [9.17, 15) is 9.59 Å². The van der Waals surface area contributed by atoms with Crippen molar-refractivity contribution in [1.29, 1.82) is 0 Å². The molecule has 4 nitrogen and oxygen atoms in total. The predicted octanol–water partition coefficient (Wildman–Crippen LogP) is 3.94. The van der Waals surface area contributed by atoms with Crippen LogP contribution in [-0.4, -0.2) is 18.0 Å². The maximum atomic E-state index is 12.1. The smallest absolute Gasteiger partial charge is 0.340 e. The molecule has 0 aliphatic rings. The third-order valence-electron chi connectivity index (χ3n) is 3.15. The number of rotatable bonds is 4. The number of halogens is 1. The Morgan fingerprint density at radius 1 is 1.09 bits per heavy atom. The molecule has 1 amide bonds. The zero-order valence-corrected chi connectivity index (χ0v) is 13.9. The van der Waals surface area contributed by atoms with Gasteiger partial charge >= 0.3 is 5.97 Å². The fourth-order valence-corrected chi connectivity index (χ4v) is 2.30. The summed E-state index contributed by atoms with van der Waals surface area (Å²) in [4.78, 5) is 24.2. The Balaban J connectivity index is 2.01. The highest BCUT2D eigenvalue weighted by Gasteiger charge is 2.20. The van der Waals surface area contributed by atoms with Crippen LogP contribution in [0, 0.1) is 6.92 Å². The van der Waals surface area contributed by atoms with Crippen LogP contribution < -0.4 is 5.32 Å². The van der Waals surface area contributed by atoms with Crippen LogP contribution in [0.3, 0.4) is 0 Å². The van der Waals surface area contributed by atoms with Gasteiger partial charge < -0.3 is 10.1 Å². The first-order chi connectivity index (χ1) is 10.5. The van der Waals surface area contributed by atoms with Gasteiger partial charge in [-0.15, -0.1) is 0 Å². The summed E-state index contributed by atoms with van der Waals surface area (Å²) in [6, 6.07) is 14.3. The molecule has 0 radical (unpaired) electrons. The second-order valence-electron chi connectivity index (χ2n) is 4.83. The molecule has 2 aromatic rings. The van der Waals surface area contributed by atoms with Crippen molar-refractivity contribution < 1.29 is 14.3 Å². The molecule has 0 unspecified atom stereocenters. The van der Waals surface area contributed by atoms with Crippen molar-refractivity contribution in [2.24, 2.45) is 0 Å². The molecule has 0 fully saturated rings. The summed E-state index contributed by atoms with van der Waals surface area (Å²) in [5.74, 6) is -0.908. The number of carbonyl (C=O) groups excluding carboxylic acids is 2. The molecule has 0 saturated heterocycles. The van der Waals surface area contributed by atoms with Gasteiger partial charge in [-0.25, -0.2) is 4.79 Å². The molecule has 2 rings (SSSR count). The van der Waals surface area contributed by atoms with Crippen molar-refractivity contribution in [3.05, 3.63) is 64.1 Å². The molecule has 22 heavy (non-hydrogen) atoms. The molecule has 1 N–H and O–H groups in total. The van der Waals surface area contributed by atoms with Crippen molar-refractivity contribution in [3.8, 4) is 0 Å². The van der Waals surface area contributed by atoms with E-state index in [0.29, 0.717) is 15.7 Å². The SMILES string of the molecule is Cc1ccccc1NC(=O)[C@H](C)OC(=O)c1ccccc1Br. The van der Waals surface area contributed by atoms with Gasteiger partial charge in [0, 0.05) is 10.2 Å². The Bertz CT molecular complexity index is 700. The number of esters is 1. The topological polar surface area (TPSA) is 55.4 Å². The number of amides is 1. The summed E-state index contributed by atoms with van der Waals surface area (Å²) in [6.45, 7) is 3.44. The molecule has 0 spiro atoms. The number of anilines is 1. The van der Waals surface area contributed by atoms with E-state index in [1.807, 2.05) is 25.1 Å². The lowest BCUT2D eigenvalue weighted by atomic mass is 10.2. The first kappa shape index (κ1) is 16.2. The van der Waals surface area contributed by atoms with Crippen LogP contribution in [0.2, 0.25) is 0 Å². The van der Waals surface area contributed by atoms with E-state index < -0.39 is 12.1 Å².